The minimum Gasteiger partial charge on any atom is -0.310 e. The van der Waals surface area contributed by atoms with Crippen molar-refractivity contribution in [2.45, 2.75) is 56.6 Å². The third-order valence-corrected chi connectivity index (χ3v) is 5.41. The summed E-state index contributed by atoms with van der Waals surface area (Å²) in [5.74, 6) is 0. The standard InChI is InChI=1S/C14H21ClN2O2S/c1-10(2)16-9-11-8-12(4-5-13(11)15)20(18,19)17-14(3)6-7-14/h4-5,8,10,16-17H,6-7,9H2,1-3H3. The van der Waals surface area contributed by atoms with Crippen molar-refractivity contribution in [2.24, 2.45) is 0 Å². The summed E-state index contributed by atoms with van der Waals surface area (Å²) in [7, 11) is -3.47. The third kappa shape index (κ3) is 3.95. The van der Waals surface area contributed by atoms with E-state index in [4.69, 9.17) is 11.6 Å². The van der Waals surface area contributed by atoms with E-state index >= 15 is 0 Å². The van der Waals surface area contributed by atoms with E-state index in [-0.39, 0.29) is 10.4 Å². The van der Waals surface area contributed by atoms with Crippen LogP contribution in [0.25, 0.3) is 0 Å². The Labute approximate surface area is 126 Å². The number of halogens is 1. The molecule has 0 unspecified atom stereocenters. The molecule has 112 valence electrons. The van der Waals surface area contributed by atoms with E-state index in [2.05, 4.69) is 10.0 Å². The van der Waals surface area contributed by atoms with Crippen molar-refractivity contribution in [3.05, 3.63) is 28.8 Å². The van der Waals surface area contributed by atoms with Gasteiger partial charge in [-0.2, -0.15) is 0 Å². The van der Waals surface area contributed by atoms with Crippen molar-refractivity contribution in [3.8, 4) is 0 Å². The van der Waals surface area contributed by atoms with Crippen LogP contribution in [0.15, 0.2) is 23.1 Å². The molecule has 6 heteroatoms. The van der Waals surface area contributed by atoms with Gasteiger partial charge in [0.05, 0.1) is 4.90 Å². The lowest BCUT2D eigenvalue weighted by molar-refractivity contribution is 0.557. The Bertz CT molecular complexity index is 595. The van der Waals surface area contributed by atoms with Gasteiger partial charge >= 0.3 is 0 Å². The number of nitrogens with one attached hydrogen (secondary N) is 2. The molecule has 20 heavy (non-hydrogen) atoms. The highest BCUT2D eigenvalue weighted by atomic mass is 35.5. The summed E-state index contributed by atoms with van der Waals surface area (Å²) in [5, 5.41) is 3.82. The fourth-order valence-electron chi connectivity index (χ4n) is 1.84. The third-order valence-electron chi connectivity index (χ3n) is 3.41. The molecule has 0 aromatic heterocycles. The Morgan fingerprint density at radius 3 is 2.55 bits per heavy atom. The highest BCUT2D eigenvalue weighted by Crippen LogP contribution is 2.36. The lowest BCUT2D eigenvalue weighted by Gasteiger charge is -2.14. The van der Waals surface area contributed by atoms with Crippen LogP contribution in [0.2, 0.25) is 5.02 Å². The molecule has 2 N–H and O–H groups in total. The van der Waals surface area contributed by atoms with Crippen LogP contribution < -0.4 is 10.0 Å². The van der Waals surface area contributed by atoms with Crippen molar-refractivity contribution < 1.29 is 8.42 Å². The van der Waals surface area contributed by atoms with E-state index in [0.717, 1.165) is 18.4 Å². The van der Waals surface area contributed by atoms with E-state index in [0.29, 0.717) is 17.6 Å². The molecular formula is C14H21ClN2O2S. The van der Waals surface area contributed by atoms with Gasteiger partial charge in [-0.1, -0.05) is 25.4 Å². The second kappa shape index (κ2) is 5.64. The molecule has 2 rings (SSSR count). The predicted octanol–water partition coefficient (Wildman–Crippen LogP) is 2.67. The second-order valence-electron chi connectivity index (χ2n) is 5.95. The van der Waals surface area contributed by atoms with Gasteiger partial charge in [0.1, 0.15) is 0 Å². The number of benzene rings is 1. The van der Waals surface area contributed by atoms with Crippen LogP contribution in [0.4, 0.5) is 0 Å². The van der Waals surface area contributed by atoms with Crippen LogP contribution in [0.5, 0.6) is 0 Å². The van der Waals surface area contributed by atoms with Crippen molar-refractivity contribution in [3.63, 3.8) is 0 Å². The maximum absolute atomic E-state index is 12.3. The summed E-state index contributed by atoms with van der Waals surface area (Å²) in [6, 6.07) is 5.15. The molecule has 1 aromatic carbocycles. The summed E-state index contributed by atoms with van der Waals surface area (Å²) in [6.07, 6.45) is 1.78. The zero-order chi connectivity index (χ0) is 15.0. The van der Waals surface area contributed by atoms with Gasteiger partial charge in [-0.05, 0) is 43.5 Å². The molecule has 0 amide bonds. The minimum absolute atomic E-state index is 0.269. The van der Waals surface area contributed by atoms with Gasteiger partial charge in [-0.25, -0.2) is 13.1 Å². The molecule has 0 atom stereocenters. The summed E-state index contributed by atoms with van der Waals surface area (Å²) in [6.45, 7) is 6.53. The average Bonchev–Trinajstić information content (AvgIpc) is 3.04. The fourth-order valence-corrected chi connectivity index (χ4v) is 3.54. The quantitative estimate of drug-likeness (QED) is 0.848. The summed E-state index contributed by atoms with van der Waals surface area (Å²) in [5.41, 5.74) is 0.527. The molecule has 0 bridgehead atoms. The lowest BCUT2D eigenvalue weighted by atomic mass is 10.2. The fraction of sp³-hybridized carbons (Fsp3) is 0.571. The molecule has 1 aromatic rings. The number of hydrogen-bond donors (Lipinski definition) is 2. The Balaban J connectivity index is 2.21. The first-order chi connectivity index (χ1) is 9.22. The van der Waals surface area contributed by atoms with Crippen molar-refractivity contribution in [1.82, 2.24) is 10.0 Å². The Morgan fingerprint density at radius 1 is 1.35 bits per heavy atom. The largest absolute Gasteiger partial charge is 0.310 e. The zero-order valence-corrected chi connectivity index (χ0v) is 13.6. The number of hydrogen-bond acceptors (Lipinski definition) is 3. The molecule has 0 radical (unpaired) electrons. The Morgan fingerprint density at radius 2 is 2.00 bits per heavy atom. The van der Waals surface area contributed by atoms with Crippen LogP contribution in [-0.4, -0.2) is 20.0 Å². The molecule has 0 heterocycles. The lowest BCUT2D eigenvalue weighted by Crippen LogP contribution is -2.34. The zero-order valence-electron chi connectivity index (χ0n) is 12.0. The van der Waals surface area contributed by atoms with Crippen LogP contribution in [0.1, 0.15) is 39.2 Å². The summed E-state index contributed by atoms with van der Waals surface area (Å²) < 4.78 is 27.4. The predicted molar refractivity (Wildman–Crippen MR) is 81.4 cm³/mol. The molecule has 1 aliphatic carbocycles. The maximum atomic E-state index is 12.3. The highest BCUT2D eigenvalue weighted by Gasteiger charge is 2.41. The van der Waals surface area contributed by atoms with E-state index in [1.165, 1.54) is 0 Å². The van der Waals surface area contributed by atoms with Gasteiger partial charge in [0, 0.05) is 23.1 Å². The molecule has 1 aliphatic rings. The van der Waals surface area contributed by atoms with E-state index in [1.807, 2.05) is 20.8 Å². The van der Waals surface area contributed by atoms with Gasteiger partial charge in [-0.15, -0.1) is 0 Å². The SMILES string of the molecule is CC(C)NCc1cc(S(=O)(=O)NC2(C)CC2)ccc1Cl. The van der Waals surface area contributed by atoms with Gasteiger partial charge in [0.15, 0.2) is 0 Å². The van der Waals surface area contributed by atoms with Crippen LogP contribution >= 0.6 is 11.6 Å². The molecule has 0 saturated heterocycles. The van der Waals surface area contributed by atoms with E-state index in [1.54, 1.807) is 18.2 Å². The monoisotopic (exact) mass is 316 g/mol. The van der Waals surface area contributed by atoms with Crippen molar-refractivity contribution >= 4 is 21.6 Å². The molecular weight excluding hydrogens is 296 g/mol. The van der Waals surface area contributed by atoms with E-state index < -0.39 is 10.0 Å². The Kier molecular flexibility index (Phi) is 4.44. The highest BCUT2D eigenvalue weighted by molar-refractivity contribution is 7.89. The normalized spacial score (nSPS) is 17.4. The minimum atomic E-state index is -3.47. The first-order valence-corrected chi connectivity index (χ1v) is 8.64. The molecule has 1 saturated carbocycles. The molecule has 1 fully saturated rings. The molecule has 0 spiro atoms. The summed E-state index contributed by atoms with van der Waals surface area (Å²) in [4.78, 5) is 0.274. The van der Waals surface area contributed by atoms with Gasteiger partial charge in [0.25, 0.3) is 0 Å². The van der Waals surface area contributed by atoms with Crippen molar-refractivity contribution in [2.75, 3.05) is 0 Å². The van der Waals surface area contributed by atoms with E-state index in [9.17, 15) is 8.42 Å². The number of sulfonamides is 1. The first kappa shape index (κ1) is 15.8. The summed E-state index contributed by atoms with van der Waals surface area (Å²) >= 11 is 6.12. The van der Waals surface area contributed by atoms with Gasteiger partial charge in [-0.3, -0.25) is 0 Å². The second-order valence-corrected chi connectivity index (χ2v) is 8.04. The average molecular weight is 317 g/mol. The van der Waals surface area contributed by atoms with Gasteiger partial charge in [0.2, 0.25) is 10.0 Å². The number of rotatable bonds is 6. The topological polar surface area (TPSA) is 58.2 Å². The molecule has 0 aliphatic heterocycles. The van der Waals surface area contributed by atoms with Gasteiger partial charge < -0.3 is 5.32 Å². The maximum Gasteiger partial charge on any atom is 0.241 e. The van der Waals surface area contributed by atoms with Crippen LogP contribution in [0.3, 0.4) is 0 Å². The smallest absolute Gasteiger partial charge is 0.241 e. The van der Waals surface area contributed by atoms with Crippen LogP contribution in [-0.2, 0) is 16.6 Å². The van der Waals surface area contributed by atoms with Crippen LogP contribution in [0, 0.1) is 0 Å². The van der Waals surface area contributed by atoms with Crippen molar-refractivity contribution in [1.29, 1.82) is 0 Å². The first-order valence-electron chi connectivity index (χ1n) is 6.78. The molecule has 4 nitrogen and oxygen atoms in total. The Hall–Kier alpha value is -0.620.